The molecule has 0 aromatic heterocycles. The summed E-state index contributed by atoms with van der Waals surface area (Å²) in [5.74, 6) is -0.0448. The quantitative estimate of drug-likeness (QED) is 0.0320. The van der Waals surface area contributed by atoms with Crippen LogP contribution in [-0.2, 0) is 14.3 Å². The number of hydrogen-bond acceptors (Lipinski definition) is 5. The summed E-state index contributed by atoms with van der Waals surface area (Å²) in [7, 11) is 0. The molecule has 0 heterocycles. The normalized spacial score (nSPS) is 12.6. The predicted octanol–water partition coefficient (Wildman–Crippen LogP) is 20.4. The highest BCUT2D eigenvalue weighted by Gasteiger charge is 2.18. The molecule has 3 N–H and O–H groups in total. The second-order valence-electron chi connectivity index (χ2n) is 22.5. The second kappa shape index (κ2) is 61.1. The molecule has 71 heavy (non-hydrogen) atoms. The third kappa shape index (κ3) is 57.7. The van der Waals surface area contributed by atoms with Crippen LogP contribution in [0.1, 0.15) is 367 Å². The third-order valence-corrected chi connectivity index (χ3v) is 15.3. The number of carbonyl (C=O) groups excluding carboxylic acids is 2. The summed E-state index contributed by atoms with van der Waals surface area (Å²) in [5.41, 5.74) is 0. The van der Waals surface area contributed by atoms with E-state index in [4.69, 9.17) is 4.74 Å². The Kier molecular flexibility index (Phi) is 59.9. The van der Waals surface area contributed by atoms with Crippen LogP contribution in [0.4, 0.5) is 0 Å². The molecular formula is C65H127NO5. The fourth-order valence-corrected chi connectivity index (χ4v) is 10.3. The van der Waals surface area contributed by atoms with E-state index in [0.29, 0.717) is 19.4 Å². The number of unbranched alkanes of at least 4 members (excludes halogenated alkanes) is 50. The van der Waals surface area contributed by atoms with Crippen molar-refractivity contribution in [3.63, 3.8) is 0 Å². The molecule has 6 nitrogen and oxygen atoms in total. The Labute approximate surface area is 444 Å². The van der Waals surface area contributed by atoms with Gasteiger partial charge in [0.15, 0.2) is 0 Å². The number of amides is 1. The predicted molar refractivity (Wildman–Crippen MR) is 310 cm³/mol. The number of aliphatic hydroxyl groups is 2. The van der Waals surface area contributed by atoms with Crippen LogP contribution in [0.25, 0.3) is 0 Å². The van der Waals surface area contributed by atoms with E-state index in [-0.39, 0.29) is 18.5 Å². The van der Waals surface area contributed by atoms with Crippen molar-refractivity contribution in [2.45, 2.75) is 379 Å². The number of aliphatic hydroxyl groups excluding tert-OH is 2. The zero-order valence-corrected chi connectivity index (χ0v) is 48.2. The van der Waals surface area contributed by atoms with E-state index in [1.165, 1.54) is 302 Å². The fraction of sp³-hybridized carbons (Fsp3) is 0.938. The maximum absolute atomic E-state index is 12.4. The lowest BCUT2D eigenvalue weighted by Crippen LogP contribution is -2.45. The molecule has 0 saturated carbocycles. The van der Waals surface area contributed by atoms with Crippen molar-refractivity contribution < 1.29 is 24.5 Å². The van der Waals surface area contributed by atoms with Crippen LogP contribution < -0.4 is 5.32 Å². The van der Waals surface area contributed by atoms with Crippen LogP contribution >= 0.6 is 0 Å². The number of hydrogen-bond donors (Lipinski definition) is 3. The molecular weight excluding hydrogens is 875 g/mol. The first kappa shape index (κ1) is 69.6. The minimum atomic E-state index is -0.841. The molecule has 0 rings (SSSR count). The number of carbonyl (C=O) groups is 2. The summed E-state index contributed by atoms with van der Waals surface area (Å²) in [6, 6.07) is -0.624. The van der Waals surface area contributed by atoms with Gasteiger partial charge in [-0.1, -0.05) is 334 Å². The SMILES string of the molecule is CCCCCCCCCCC/C=C/C(O)C(CO)NC(=O)CCCCCCCCCCCCCCCCCCCCCCCCCCCOC(=O)CCCCCCCCCCCCCCCCCCCC. The minimum Gasteiger partial charge on any atom is -0.466 e. The van der Waals surface area contributed by atoms with Gasteiger partial charge in [0.1, 0.15) is 0 Å². The van der Waals surface area contributed by atoms with Crippen LogP contribution in [-0.4, -0.2) is 47.4 Å². The molecule has 422 valence electrons. The van der Waals surface area contributed by atoms with Crippen LogP contribution in [0, 0.1) is 0 Å². The molecule has 0 fully saturated rings. The number of allylic oxidation sites excluding steroid dienone is 1. The van der Waals surface area contributed by atoms with Gasteiger partial charge in [0.2, 0.25) is 5.91 Å². The molecule has 0 aliphatic heterocycles. The summed E-state index contributed by atoms with van der Waals surface area (Å²) in [6.45, 7) is 4.92. The molecule has 0 radical (unpaired) electrons. The summed E-state index contributed by atoms with van der Waals surface area (Å²) in [4.78, 5) is 24.5. The van der Waals surface area contributed by atoms with Crippen molar-refractivity contribution in [3.05, 3.63) is 12.2 Å². The molecule has 0 aromatic rings. The highest BCUT2D eigenvalue weighted by molar-refractivity contribution is 5.76. The van der Waals surface area contributed by atoms with E-state index in [2.05, 4.69) is 19.2 Å². The Morgan fingerprint density at radius 3 is 0.958 bits per heavy atom. The molecule has 1 amide bonds. The first-order chi connectivity index (χ1) is 35.0. The number of esters is 1. The summed E-state index contributed by atoms with van der Waals surface area (Å²) in [5, 5.41) is 23.0. The van der Waals surface area contributed by atoms with Crippen molar-refractivity contribution in [1.29, 1.82) is 0 Å². The summed E-state index contributed by atoms with van der Waals surface area (Å²) < 4.78 is 5.51. The first-order valence-electron chi connectivity index (χ1n) is 32.5. The van der Waals surface area contributed by atoms with Crippen LogP contribution in [0.15, 0.2) is 12.2 Å². The largest absolute Gasteiger partial charge is 0.466 e. The number of ether oxygens (including phenoxy) is 1. The minimum absolute atomic E-state index is 0.0210. The van der Waals surface area contributed by atoms with E-state index in [0.717, 1.165) is 38.5 Å². The fourth-order valence-electron chi connectivity index (χ4n) is 10.3. The van der Waals surface area contributed by atoms with Gasteiger partial charge >= 0.3 is 5.97 Å². The van der Waals surface area contributed by atoms with Gasteiger partial charge in [-0.05, 0) is 32.1 Å². The van der Waals surface area contributed by atoms with Crippen molar-refractivity contribution in [2.24, 2.45) is 0 Å². The monoisotopic (exact) mass is 1000 g/mol. The van der Waals surface area contributed by atoms with E-state index in [9.17, 15) is 19.8 Å². The summed E-state index contributed by atoms with van der Waals surface area (Å²) >= 11 is 0. The van der Waals surface area contributed by atoms with Gasteiger partial charge < -0.3 is 20.3 Å². The second-order valence-corrected chi connectivity index (χ2v) is 22.5. The van der Waals surface area contributed by atoms with E-state index in [1.807, 2.05) is 6.08 Å². The Bertz CT molecular complexity index is 1060. The molecule has 0 aliphatic carbocycles. The van der Waals surface area contributed by atoms with Gasteiger partial charge in [-0.15, -0.1) is 0 Å². The maximum Gasteiger partial charge on any atom is 0.305 e. The summed E-state index contributed by atoms with van der Waals surface area (Å²) in [6.07, 6.45) is 74.2. The Balaban J connectivity index is 3.32. The van der Waals surface area contributed by atoms with Gasteiger partial charge in [-0.3, -0.25) is 9.59 Å². The molecule has 6 heteroatoms. The molecule has 2 unspecified atom stereocenters. The van der Waals surface area contributed by atoms with Gasteiger partial charge in [0.05, 0.1) is 25.4 Å². The average Bonchev–Trinajstić information content (AvgIpc) is 3.37. The highest BCUT2D eigenvalue weighted by atomic mass is 16.5. The van der Waals surface area contributed by atoms with Gasteiger partial charge in [0.25, 0.3) is 0 Å². The van der Waals surface area contributed by atoms with Crippen LogP contribution in [0.3, 0.4) is 0 Å². The lowest BCUT2D eigenvalue weighted by atomic mass is 10.0. The number of rotatable bonds is 61. The Morgan fingerprint density at radius 1 is 0.380 bits per heavy atom. The van der Waals surface area contributed by atoms with Gasteiger partial charge in [0, 0.05) is 12.8 Å². The molecule has 0 bridgehead atoms. The smallest absolute Gasteiger partial charge is 0.305 e. The highest BCUT2D eigenvalue weighted by Crippen LogP contribution is 2.18. The number of nitrogens with one attached hydrogen (secondary N) is 1. The van der Waals surface area contributed by atoms with Crippen molar-refractivity contribution in [3.8, 4) is 0 Å². The average molecular weight is 1000 g/mol. The van der Waals surface area contributed by atoms with E-state index in [1.54, 1.807) is 6.08 Å². The standard InChI is InChI=1S/C65H127NO5/c1-3-5-7-9-11-13-15-16-17-18-29-32-35-39-43-47-51-55-59-65(70)71-60-56-52-48-44-40-36-33-30-27-25-23-21-19-20-22-24-26-28-31-34-38-42-46-50-54-58-64(69)66-62(61-67)63(68)57-53-49-45-41-37-14-12-10-8-6-4-2/h53,57,62-63,67-68H,3-52,54-56,58-61H2,1-2H3,(H,66,69)/b57-53+. The molecule has 0 spiro atoms. The van der Waals surface area contributed by atoms with Gasteiger partial charge in [-0.2, -0.15) is 0 Å². The third-order valence-electron chi connectivity index (χ3n) is 15.3. The topological polar surface area (TPSA) is 95.9 Å². The lowest BCUT2D eigenvalue weighted by Gasteiger charge is -2.20. The zero-order valence-electron chi connectivity index (χ0n) is 48.2. The van der Waals surface area contributed by atoms with E-state index < -0.39 is 12.1 Å². The van der Waals surface area contributed by atoms with Crippen LogP contribution in [0.2, 0.25) is 0 Å². The molecule has 0 aliphatic rings. The zero-order chi connectivity index (χ0) is 51.4. The molecule has 2 atom stereocenters. The lowest BCUT2D eigenvalue weighted by molar-refractivity contribution is -0.143. The maximum atomic E-state index is 12.4. The first-order valence-corrected chi connectivity index (χ1v) is 32.5. The van der Waals surface area contributed by atoms with Crippen LogP contribution in [0.5, 0.6) is 0 Å². The molecule has 0 aromatic carbocycles. The van der Waals surface area contributed by atoms with Crippen molar-refractivity contribution >= 4 is 11.9 Å². The van der Waals surface area contributed by atoms with Gasteiger partial charge in [-0.25, -0.2) is 0 Å². The van der Waals surface area contributed by atoms with Crippen molar-refractivity contribution in [2.75, 3.05) is 13.2 Å². The van der Waals surface area contributed by atoms with E-state index >= 15 is 0 Å². The Hall–Kier alpha value is -1.40. The Morgan fingerprint density at radius 2 is 0.648 bits per heavy atom. The molecule has 0 saturated heterocycles. The van der Waals surface area contributed by atoms with Crippen molar-refractivity contribution in [1.82, 2.24) is 5.32 Å².